The molecule has 3 aromatic rings. The number of nitrogens with one attached hydrogen (secondary N) is 1. The molecule has 2 aromatic carbocycles. The van der Waals surface area contributed by atoms with Crippen molar-refractivity contribution in [3.63, 3.8) is 0 Å². The predicted octanol–water partition coefficient (Wildman–Crippen LogP) is 4.73. The van der Waals surface area contributed by atoms with E-state index in [1.165, 1.54) is 17.4 Å². The molecule has 1 N–H and O–H groups in total. The van der Waals surface area contributed by atoms with Crippen LogP contribution in [0.1, 0.15) is 28.1 Å². The van der Waals surface area contributed by atoms with Crippen LogP contribution in [0.25, 0.3) is 10.1 Å². The SMILES string of the molecule is Cc1c(C(=O)Nc2ccccc2N2CCCC2=O)sc2cccc(F)c12. The molecule has 0 spiro atoms. The molecule has 0 unspecified atom stereocenters. The molecule has 0 aliphatic carbocycles. The Balaban J connectivity index is 1.69. The first kappa shape index (κ1) is 16.7. The van der Waals surface area contributed by atoms with E-state index in [2.05, 4.69) is 5.32 Å². The van der Waals surface area contributed by atoms with Gasteiger partial charge in [-0.05, 0) is 43.2 Å². The molecule has 4 rings (SSSR count). The summed E-state index contributed by atoms with van der Waals surface area (Å²) >= 11 is 1.27. The van der Waals surface area contributed by atoms with E-state index in [9.17, 15) is 14.0 Å². The number of amides is 2. The summed E-state index contributed by atoms with van der Waals surface area (Å²) in [7, 11) is 0. The highest BCUT2D eigenvalue weighted by atomic mass is 32.1. The van der Waals surface area contributed by atoms with Gasteiger partial charge in [0.15, 0.2) is 0 Å². The Morgan fingerprint density at radius 1 is 1.19 bits per heavy atom. The molecule has 0 radical (unpaired) electrons. The first-order valence-corrected chi connectivity index (χ1v) is 9.26. The van der Waals surface area contributed by atoms with Crippen LogP contribution in [0.4, 0.5) is 15.8 Å². The van der Waals surface area contributed by atoms with E-state index in [4.69, 9.17) is 0 Å². The van der Waals surface area contributed by atoms with Crippen LogP contribution < -0.4 is 10.2 Å². The first-order chi connectivity index (χ1) is 12.6. The normalized spacial score (nSPS) is 14.2. The highest BCUT2D eigenvalue weighted by Gasteiger charge is 2.25. The van der Waals surface area contributed by atoms with Crippen LogP contribution in [-0.4, -0.2) is 18.4 Å². The van der Waals surface area contributed by atoms with E-state index < -0.39 is 0 Å². The topological polar surface area (TPSA) is 49.4 Å². The first-order valence-electron chi connectivity index (χ1n) is 8.44. The van der Waals surface area contributed by atoms with E-state index in [-0.39, 0.29) is 17.6 Å². The predicted molar refractivity (Wildman–Crippen MR) is 103 cm³/mol. The number of thiophene rings is 1. The monoisotopic (exact) mass is 368 g/mol. The average Bonchev–Trinajstić information content (AvgIpc) is 3.20. The molecule has 2 heterocycles. The lowest BCUT2D eigenvalue weighted by Gasteiger charge is -2.19. The number of halogens is 1. The Kier molecular flexibility index (Phi) is 4.20. The lowest BCUT2D eigenvalue weighted by Crippen LogP contribution is -2.25. The molecular formula is C20H17FN2O2S. The number of para-hydroxylation sites is 2. The number of rotatable bonds is 3. The maximum atomic E-state index is 14.1. The van der Waals surface area contributed by atoms with Gasteiger partial charge in [-0.2, -0.15) is 0 Å². The van der Waals surface area contributed by atoms with Crippen molar-refractivity contribution in [2.75, 3.05) is 16.8 Å². The van der Waals surface area contributed by atoms with E-state index in [0.717, 1.165) is 11.1 Å². The highest BCUT2D eigenvalue weighted by Crippen LogP contribution is 2.34. The Labute approximate surface area is 154 Å². The zero-order valence-electron chi connectivity index (χ0n) is 14.2. The van der Waals surface area contributed by atoms with Crippen LogP contribution in [0.3, 0.4) is 0 Å². The Morgan fingerprint density at radius 3 is 2.73 bits per heavy atom. The zero-order chi connectivity index (χ0) is 18.3. The van der Waals surface area contributed by atoms with Gasteiger partial charge in [-0.25, -0.2) is 4.39 Å². The second-order valence-corrected chi connectivity index (χ2v) is 7.34. The van der Waals surface area contributed by atoms with Gasteiger partial charge in [0.2, 0.25) is 5.91 Å². The number of benzene rings is 2. The van der Waals surface area contributed by atoms with Crippen molar-refractivity contribution in [1.82, 2.24) is 0 Å². The third kappa shape index (κ3) is 2.76. The average molecular weight is 368 g/mol. The van der Waals surface area contributed by atoms with Crippen LogP contribution in [0.2, 0.25) is 0 Å². The van der Waals surface area contributed by atoms with Gasteiger partial charge in [0, 0.05) is 23.1 Å². The van der Waals surface area contributed by atoms with Crippen molar-refractivity contribution >= 4 is 44.6 Å². The van der Waals surface area contributed by atoms with Crippen molar-refractivity contribution in [3.05, 3.63) is 58.7 Å². The number of fused-ring (bicyclic) bond motifs is 1. The van der Waals surface area contributed by atoms with E-state index >= 15 is 0 Å². The molecule has 0 saturated carbocycles. The summed E-state index contributed by atoms with van der Waals surface area (Å²) in [5, 5.41) is 3.39. The summed E-state index contributed by atoms with van der Waals surface area (Å²) < 4.78 is 14.8. The molecule has 2 amide bonds. The van der Waals surface area contributed by atoms with Crippen LogP contribution in [0.5, 0.6) is 0 Å². The summed E-state index contributed by atoms with van der Waals surface area (Å²) in [6.45, 7) is 2.41. The molecule has 1 fully saturated rings. The fourth-order valence-corrected chi connectivity index (χ4v) is 4.48. The van der Waals surface area contributed by atoms with E-state index in [1.807, 2.05) is 24.3 Å². The lowest BCUT2D eigenvalue weighted by molar-refractivity contribution is -0.117. The van der Waals surface area contributed by atoms with E-state index in [0.29, 0.717) is 40.2 Å². The third-order valence-electron chi connectivity index (χ3n) is 4.63. The van der Waals surface area contributed by atoms with Crippen molar-refractivity contribution in [3.8, 4) is 0 Å². The number of hydrogen-bond acceptors (Lipinski definition) is 3. The van der Waals surface area contributed by atoms with Gasteiger partial charge in [0.25, 0.3) is 5.91 Å². The van der Waals surface area contributed by atoms with Crippen molar-refractivity contribution < 1.29 is 14.0 Å². The smallest absolute Gasteiger partial charge is 0.266 e. The molecule has 6 heteroatoms. The highest BCUT2D eigenvalue weighted by molar-refractivity contribution is 7.21. The second-order valence-electron chi connectivity index (χ2n) is 6.29. The minimum atomic E-state index is -0.321. The molecule has 1 aliphatic rings. The van der Waals surface area contributed by atoms with Gasteiger partial charge >= 0.3 is 0 Å². The molecule has 4 nitrogen and oxygen atoms in total. The molecule has 1 aliphatic heterocycles. The second kappa shape index (κ2) is 6.53. The summed E-state index contributed by atoms with van der Waals surface area (Å²) in [6, 6.07) is 12.1. The number of aryl methyl sites for hydroxylation is 1. The van der Waals surface area contributed by atoms with Gasteiger partial charge in [0.1, 0.15) is 5.82 Å². The van der Waals surface area contributed by atoms with Gasteiger partial charge in [-0.3, -0.25) is 9.59 Å². The number of nitrogens with zero attached hydrogens (tertiary/aromatic N) is 1. The van der Waals surface area contributed by atoms with Gasteiger partial charge in [-0.15, -0.1) is 11.3 Å². The lowest BCUT2D eigenvalue weighted by atomic mass is 10.1. The number of hydrogen-bond donors (Lipinski definition) is 1. The molecule has 132 valence electrons. The molecule has 26 heavy (non-hydrogen) atoms. The van der Waals surface area contributed by atoms with Crippen LogP contribution in [0, 0.1) is 12.7 Å². The van der Waals surface area contributed by atoms with E-state index in [1.54, 1.807) is 24.0 Å². The molecule has 1 aromatic heterocycles. The van der Waals surface area contributed by atoms with Gasteiger partial charge < -0.3 is 10.2 Å². The molecular weight excluding hydrogens is 351 g/mol. The summed E-state index contributed by atoms with van der Waals surface area (Å²) in [5.74, 6) is -0.549. The number of anilines is 2. The Bertz CT molecular complexity index is 1030. The number of carbonyl (C=O) groups is 2. The van der Waals surface area contributed by atoms with Crippen LogP contribution >= 0.6 is 11.3 Å². The molecule has 0 atom stereocenters. The van der Waals surface area contributed by atoms with Crippen molar-refractivity contribution in [1.29, 1.82) is 0 Å². The Hall–Kier alpha value is -2.73. The van der Waals surface area contributed by atoms with Crippen molar-refractivity contribution in [2.45, 2.75) is 19.8 Å². The zero-order valence-corrected chi connectivity index (χ0v) is 15.0. The van der Waals surface area contributed by atoms with Crippen LogP contribution in [-0.2, 0) is 4.79 Å². The largest absolute Gasteiger partial charge is 0.319 e. The van der Waals surface area contributed by atoms with Crippen LogP contribution in [0.15, 0.2) is 42.5 Å². The fraction of sp³-hybridized carbons (Fsp3) is 0.200. The molecule has 0 bridgehead atoms. The third-order valence-corrected chi connectivity index (χ3v) is 5.88. The fourth-order valence-electron chi connectivity index (χ4n) is 3.37. The van der Waals surface area contributed by atoms with Crippen molar-refractivity contribution in [2.24, 2.45) is 0 Å². The maximum Gasteiger partial charge on any atom is 0.266 e. The Morgan fingerprint density at radius 2 is 2.00 bits per heavy atom. The number of carbonyl (C=O) groups excluding carboxylic acids is 2. The van der Waals surface area contributed by atoms with Gasteiger partial charge in [-0.1, -0.05) is 18.2 Å². The summed E-state index contributed by atoms with van der Waals surface area (Å²) in [5.41, 5.74) is 1.92. The summed E-state index contributed by atoms with van der Waals surface area (Å²) in [4.78, 5) is 27.1. The standard InChI is InChI=1S/C20H17FN2O2S/c1-12-18-13(21)6-4-9-16(18)26-19(12)20(25)22-14-7-2-3-8-15(14)23-11-5-10-17(23)24/h2-4,6-9H,5,10-11H2,1H3,(H,22,25). The minimum Gasteiger partial charge on any atom is -0.319 e. The summed E-state index contributed by atoms with van der Waals surface area (Å²) in [6.07, 6.45) is 1.34. The minimum absolute atomic E-state index is 0.0619. The molecule has 1 saturated heterocycles. The van der Waals surface area contributed by atoms with Gasteiger partial charge in [0.05, 0.1) is 16.3 Å². The quantitative estimate of drug-likeness (QED) is 0.727. The maximum absolute atomic E-state index is 14.1.